The maximum absolute atomic E-state index is 9.74. The normalized spacial score (nSPS) is 12.4. The van der Waals surface area contributed by atoms with E-state index >= 15 is 0 Å². The highest BCUT2D eigenvalue weighted by Crippen LogP contribution is 2.20. The highest BCUT2D eigenvalue weighted by Gasteiger charge is 2.06. The summed E-state index contributed by atoms with van der Waals surface area (Å²) in [5, 5.41) is 14.1. The van der Waals surface area contributed by atoms with Crippen LogP contribution in [0.4, 0.5) is 0 Å². The molecule has 1 heterocycles. The lowest BCUT2D eigenvalue weighted by atomic mass is 10.1. The average Bonchev–Trinajstić information content (AvgIpc) is 2.85. The van der Waals surface area contributed by atoms with Crippen molar-refractivity contribution in [3.05, 3.63) is 47.3 Å². The molecule has 0 saturated heterocycles. The van der Waals surface area contributed by atoms with Gasteiger partial charge in [-0.1, -0.05) is 26.0 Å². The van der Waals surface area contributed by atoms with E-state index in [4.69, 9.17) is 4.74 Å². The molecule has 0 aliphatic rings. The van der Waals surface area contributed by atoms with Gasteiger partial charge >= 0.3 is 0 Å². The zero-order valence-corrected chi connectivity index (χ0v) is 12.3. The second-order valence-corrected chi connectivity index (χ2v) is 4.89. The number of aliphatic hydroxyl groups is 1. The van der Waals surface area contributed by atoms with E-state index < -0.39 is 6.10 Å². The Morgan fingerprint density at radius 3 is 2.50 bits per heavy atom. The van der Waals surface area contributed by atoms with Crippen LogP contribution in [0.5, 0.6) is 5.75 Å². The summed E-state index contributed by atoms with van der Waals surface area (Å²) in [5.74, 6) is 0.802. The van der Waals surface area contributed by atoms with Crippen LogP contribution in [0.25, 0.3) is 0 Å². The first-order chi connectivity index (χ1) is 9.63. The van der Waals surface area contributed by atoms with Gasteiger partial charge in [0.05, 0.1) is 17.5 Å². The predicted octanol–water partition coefficient (Wildman–Crippen LogP) is 3.00. The minimum atomic E-state index is -0.395. The summed E-state index contributed by atoms with van der Waals surface area (Å²) in [6.07, 6.45) is 1.25. The van der Waals surface area contributed by atoms with Crippen molar-refractivity contribution in [2.45, 2.75) is 39.4 Å². The van der Waals surface area contributed by atoms with Gasteiger partial charge in [-0.15, -0.1) is 0 Å². The summed E-state index contributed by atoms with van der Waals surface area (Å²) in [6.45, 7) is 4.55. The van der Waals surface area contributed by atoms with Crippen molar-refractivity contribution in [2.24, 2.45) is 7.05 Å². The Morgan fingerprint density at radius 1 is 1.25 bits per heavy atom. The molecule has 4 heteroatoms. The number of aromatic nitrogens is 2. The van der Waals surface area contributed by atoms with Gasteiger partial charge in [0.25, 0.3) is 0 Å². The molecule has 1 atom stereocenters. The molecule has 2 aromatic rings. The molecule has 20 heavy (non-hydrogen) atoms. The third kappa shape index (κ3) is 3.39. The van der Waals surface area contributed by atoms with Gasteiger partial charge in [-0.3, -0.25) is 4.68 Å². The van der Waals surface area contributed by atoms with E-state index in [1.165, 1.54) is 0 Å². The van der Waals surface area contributed by atoms with E-state index in [1.54, 1.807) is 0 Å². The predicted molar refractivity (Wildman–Crippen MR) is 78.6 cm³/mol. The number of benzene rings is 1. The van der Waals surface area contributed by atoms with Crippen LogP contribution in [0.3, 0.4) is 0 Å². The molecule has 1 aromatic heterocycles. The van der Waals surface area contributed by atoms with Crippen LogP contribution in [0, 0.1) is 0 Å². The smallest absolute Gasteiger partial charge is 0.130 e. The highest BCUT2D eigenvalue weighted by molar-refractivity contribution is 5.28. The first-order valence-electron chi connectivity index (χ1n) is 7.06. The quantitative estimate of drug-likeness (QED) is 0.881. The van der Waals surface area contributed by atoms with Crippen molar-refractivity contribution in [1.29, 1.82) is 0 Å². The molecule has 0 fully saturated rings. The van der Waals surface area contributed by atoms with Crippen LogP contribution < -0.4 is 4.74 Å². The van der Waals surface area contributed by atoms with Gasteiger partial charge in [-0.05, 0) is 36.6 Å². The fraction of sp³-hybridized carbons (Fsp3) is 0.438. The molecule has 0 radical (unpaired) electrons. The number of ether oxygens (including phenoxy) is 1. The van der Waals surface area contributed by atoms with E-state index in [1.807, 2.05) is 42.9 Å². The van der Waals surface area contributed by atoms with Gasteiger partial charge in [0.1, 0.15) is 12.4 Å². The Labute approximate surface area is 120 Å². The summed E-state index contributed by atoms with van der Waals surface area (Å²) in [4.78, 5) is 0. The minimum Gasteiger partial charge on any atom is -0.487 e. The maximum atomic E-state index is 9.74. The van der Waals surface area contributed by atoms with Gasteiger partial charge in [0.15, 0.2) is 0 Å². The van der Waals surface area contributed by atoms with Crippen LogP contribution in [0.1, 0.15) is 43.3 Å². The molecule has 4 nitrogen and oxygen atoms in total. The largest absolute Gasteiger partial charge is 0.487 e. The van der Waals surface area contributed by atoms with E-state index in [9.17, 15) is 5.11 Å². The molecule has 0 bridgehead atoms. The van der Waals surface area contributed by atoms with Crippen LogP contribution in [-0.2, 0) is 20.1 Å². The molecule has 1 N–H and O–H groups in total. The highest BCUT2D eigenvalue weighted by atomic mass is 16.5. The Morgan fingerprint density at radius 2 is 1.95 bits per heavy atom. The van der Waals surface area contributed by atoms with Gasteiger partial charge in [0, 0.05) is 7.05 Å². The van der Waals surface area contributed by atoms with E-state index in [0.717, 1.165) is 35.5 Å². The zero-order valence-electron chi connectivity index (χ0n) is 12.3. The van der Waals surface area contributed by atoms with Crippen LogP contribution in [0.2, 0.25) is 0 Å². The van der Waals surface area contributed by atoms with Crippen molar-refractivity contribution in [1.82, 2.24) is 9.78 Å². The average molecular weight is 274 g/mol. The van der Waals surface area contributed by atoms with Crippen molar-refractivity contribution < 1.29 is 9.84 Å². The van der Waals surface area contributed by atoms with Crippen molar-refractivity contribution in [3.8, 4) is 5.75 Å². The minimum absolute atomic E-state index is 0.395. The van der Waals surface area contributed by atoms with Gasteiger partial charge < -0.3 is 9.84 Å². The Bertz CT molecular complexity index is 546. The molecule has 0 amide bonds. The molecule has 0 saturated carbocycles. The first kappa shape index (κ1) is 14.6. The van der Waals surface area contributed by atoms with E-state index in [-0.39, 0.29) is 0 Å². The Balaban J connectivity index is 1.98. The van der Waals surface area contributed by atoms with E-state index in [0.29, 0.717) is 6.61 Å². The van der Waals surface area contributed by atoms with Crippen LogP contribution in [0.15, 0.2) is 30.3 Å². The lowest BCUT2D eigenvalue weighted by molar-refractivity contribution is 0.173. The van der Waals surface area contributed by atoms with Gasteiger partial charge in [-0.25, -0.2) is 0 Å². The monoisotopic (exact) mass is 274 g/mol. The molecule has 0 aliphatic heterocycles. The number of aryl methyl sites for hydroxylation is 2. The molecular weight excluding hydrogens is 252 g/mol. The van der Waals surface area contributed by atoms with Gasteiger partial charge in [0.2, 0.25) is 0 Å². The fourth-order valence-corrected chi connectivity index (χ4v) is 2.06. The molecular formula is C16H22N2O2. The second-order valence-electron chi connectivity index (χ2n) is 4.89. The maximum Gasteiger partial charge on any atom is 0.130 e. The zero-order chi connectivity index (χ0) is 14.5. The van der Waals surface area contributed by atoms with E-state index in [2.05, 4.69) is 18.1 Å². The first-order valence-corrected chi connectivity index (χ1v) is 7.06. The number of nitrogens with zero attached hydrogens (tertiary/aromatic N) is 2. The van der Waals surface area contributed by atoms with Crippen molar-refractivity contribution in [3.63, 3.8) is 0 Å². The SMILES string of the molecule is CCc1cc(COc2ccc(C(O)CC)cc2)n(C)n1. The Kier molecular flexibility index (Phi) is 4.79. The topological polar surface area (TPSA) is 47.3 Å². The lowest BCUT2D eigenvalue weighted by Gasteiger charge is -2.10. The van der Waals surface area contributed by atoms with Crippen molar-refractivity contribution >= 4 is 0 Å². The standard InChI is InChI=1S/C16H22N2O2/c1-4-13-10-14(18(3)17-13)11-20-15-8-6-12(7-9-15)16(19)5-2/h6-10,16,19H,4-5,11H2,1-3H3. The summed E-state index contributed by atoms with van der Waals surface area (Å²) in [6, 6.07) is 9.67. The molecule has 1 aromatic carbocycles. The van der Waals surface area contributed by atoms with Crippen molar-refractivity contribution in [2.75, 3.05) is 0 Å². The number of aliphatic hydroxyl groups excluding tert-OH is 1. The molecule has 0 aliphatic carbocycles. The van der Waals surface area contributed by atoms with Crippen LogP contribution in [-0.4, -0.2) is 14.9 Å². The lowest BCUT2D eigenvalue weighted by Crippen LogP contribution is -2.03. The Hall–Kier alpha value is -1.81. The summed E-state index contributed by atoms with van der Waals surface area (Å²) in [7, 11) is 1.93. The summed E-state index contributed by atoms with van der Waals surface area (Å²) < 4.78 is 7.61. The fourth-order valence-electron chi connectivity index (χ4n) is 2.06. The number of hydrogen-bond acceptors (Lipinski definition) is 3. The molecule has 1 unspecified atom stereocenters. The van der Waals surface area contributed by atoms with Gasteiger partial charge in [-0.2, -0.15) is 5.10 Å². The third-order valence-electron chi connectivity index (χ3n) is 3.43. The third-order valence-corrected chi connectivity index (χ3v) is 3.43. The summed E-state index contributed by atoms with van der Waals surface area (Å²) >= 11 is 0. The molecule has 108 valence electrons. The van der Waals surface area contributed by atoms with Crippen LogP contribution >= 0.6 is 0 Å². The number of rotatable bonds is 6. The molecule has 0 spiro atoms. The second kappa shape index (κ2) is 6.57. The number of hydrogen-bond donors (Lipinski definition) is 1. The summed E-state index contributed by atoms with van der Waals surface area (Å²) in [5.41, 5.74) is 3.06. The molecule has 2 rings (SSSR count).